The van der Waals surface area contributed by atoms with E-state index in [1.54, 1.807) is 11.3 Å². The van der Waals surface area contributed by atoms with Gasteiger partial charge in [-0.05, 0) is 19.1 Å². The molecule has 0 radical (unpaired) electrons. The van der Waals surface area contributed by atoms with Gasteiger partial charge in [0, 0.05) is 48.7 Å². The zero-order valence-corrected chi connectivity index (χ0v) is 14.4. The van der Waals surface area contributed by atoms with Gasteiger partial charge in [-0.1, -0.05) is 24.1 Å². The lowest BCUT2D eigenvalue weighted by Gasteiger charge is -2.38. The quantitative estimate of drug-likeness (QED) is 0.744. The number of carbonyl (C=O) groups is 1. The molecule has 2 heterocycles. The maximum Gasteiger partial charge on any atom is 0.299 e. The number of carbonyl (C=O) groups excluding carboxylic acids is 1. The second-order valence-corrected chi connectivity index (χ2v) is 6.10. The summed E-state index contributed by atoms with van der Waals surface area (Å²) in [4.78, 5) is 20.7. The van der Waals surface area contributed by atoms with E-state index in [0.29, 0.717) is 6.54 Å². The van der Waals surface area contributed by atoms with Crippen molar-refractivity contribution in [2.75, 3.05) is 24.5 Å². The normalized spacial score (nSPS) is 17.0. The smallest absolute Gasteiger partial charge is 0.299 e. The molecule has 120 valence electrons. The zero-order valence-electron chi connectivity index (χ0n) is 12.8. The van der Waals surface area contributed by atoms with Gasteiger partial charge in [0.1, 0.15) is 0 Å². The van der Waals surface area contributed by atoms with E-state index in [2.05, 4.69) is 28.6 Å². The molecule has 1 aromatic heterocycles. The van der Waals surface area contributed by atoms with Gasteiger partial charge in [-0.15, -0.1) is 23.7 Å². The van der Waals surface area contributed by atoms with Crippen molar-refractivity contribution >= 4 is 34.8 Å². The summed E-state index contributed by atoms with van der Waals surface area (Å²) in [5, 5.41) is 3.00. The molecule has 23 heavy (non-hydrogen) atoms. The van der Waals surface area contributed by atoms with E-state index in [1.165, 1.54) is 0 Å². The Morgan fingerprint density at radius 3 is 2.74 bits per heavy atom. The fourth-order valence-electron chi connectivity index (χ4n) is 2.52. The van der Waals surface area contributed by atoms with Crippen molar-refractivity contribution in [2.24, 2.45) is 0 Å². The molecule has 4 nitrogen and oxygen atoms in total. The van der Waals surface area contributed by atoms with Crippen molar-refractivity contribution in [3.63, 3.8) is 0 Å². The van der Waals surface area contributed by atoms with Crippen LogP contribution in [0, 0.1) is 11.8 Å². The number of aromatic nitrogens is 1. The molecule has 0 N–H and O–H groups in total. The highest BCUT2D eigenvalue weighted by Gasteiger charge is 2.27. The third kappa shape index (κ3) is 4.25. The van der Waals surface area contributed by atoms with Gasteiger partial charge >= 0.3 is 0 Å². The summed E-state index contributed by atoms with van der Waals surface area (Å²) in [6.07, 6.45) is 1.81. The predicted molar refractivity (Wildman–Crippen MR) is 96.1 cm³/mol. The molecular weight excluding hydrogens is 330 g/mol. The monoisotopic (exact) mass is 347 g/mol. The van der Waals surface area contributed by atoms with Crippen LogP contribution in [0.25, 0.3) is 0 Å². The average Bonchev–Trinajstić information content (AvgIpc) is 3.08. The van der Waals surface area contributed by atoms with E-state index in [1.807, 2.05) is 46.8 Å². The highest BCUT2D eigenvalue weighted by atomic mass is 35.5. The summed E-state index contributed by atoms with van der Waals surface area (Å²) in [6.45, 7) is 4.34. The number of halogens is 1. The van der Waals surface area contributed by atoms with E-state index < -0.39 is 0 Å². The molecule has 1 aliphatic rings. The molecule has 6 heteroatoms. The Morgan fingerprint density at radius 1 is 1.30 bits per heavy atom. The van der Waals surface area contributed by atoms with Crippen molar-refractivity contribution in [3.05, 3.63) is 47.5 Å². The van der Waals surface area contributed by atoms with Crippen molar-refractivity contribution in [3.8, 4) is 11.8 Å². The van der Waals surface area contributed by atoms with E-state index in [9.17, 15) is 4.79 Å². The van der Waals surface area contributed by atoms with Crippen molar-refractivity contribution in [1.82, 2.24) is 9.88 Å². The number of nitrogens with zero attached hydrogens (tertiary/aromatic N) is 3. The molecule has 1 atom stereocenters. The molecule has 1 fully saturated rings. The minimum absolute atomic E-state index is 0. The lowest BCUT2D eigenvalue weighted by atomic mass is 10.2. The molecule has 0 aliphatic carbocycles. The number of hydrogen-bond acceptors (Lipinski definition) is 4. The lowest BCUT2D eigenvalue weighted by Crippen LogP contribution is -2.53. The average molecular weight is 348 g/mol. The number of piperazine rings is 1. The third-order valence-corrected chi connectivity index (χ3v) is 4.50. The summed E-state index contributed by atoms with van der Waals surface area (Å²) in [7, 11) is 0. The van der Waals surface area contributed by atoms with Crippen LogP contribution in [0.5, 0.6) is 0 Å². The topological polar surface area (TPSA) is 36.4 Å². The standard InChI is InChI=1S/C17H17N3OS.ClH/c1-14-13-19(17-18-9-12-22-17)10-11-20(14)16(21)8-7-15-5-3-2-4-6-15;/h2-6,9,12,14H,10-11,13H2,1H3;1H. The summed E-state index contributed by atoms with van der Waals surface area (Å²) in [5.74, 6) is 5.59. The van der Waals surface area contributed by atoms with Gasteiger partial charge in [-0.3, -0.25) is 4.79 Å². The van der Waals surface area contributed by atoms with E-state index in [4.69, 9.17) is 0 Å². The van der Waals surface area contributed by atoms with Crippen LogP contribution in [0.3, 0.4) is 0 Å². The molecule has 2 aromatic rings. The first-order valence-electron chi connectivity index (χ1n) is 7.26. The van der Waals surface area contributed by atoms with Crippen molar-refractivity contribution in [2.45, 2.75) is 13.0 Å². The van der Waals surface area contributed by atoms with E-state index in [0.717, 1.165) is 23.8 Å². The molecule has 1 saturated heterocycles. The molecular formula is C17H18ClN3OS. The first kappa shape index (κ1) is 17.3. The number of thiazole rings is 1. The van der Waals surface area contributed by atoms with Gasteiger partial charge in [-0.25, -0.2) is 4.98 Å². The Morgan fingerprint density at radius 2 is 2.09 bits per heavy atom. The molecule has 3 rings (SSSR count). The maximum atomic E-state index is 12.3. The fraction of sp³-hybridized carbons (Fsp3) is 0.294. The SMILES string of the molecule is CC1CN(c2nccs2)CCN1C(=O)C#Cc1ccccc1.Cl. The molecule has 0 bridgehead atoms. The molecule has 1 amide bonds. The second-order valence-electron chi connectivity index (χ2n) is 5.22. The lowest BCUT2D eigenvalue weighted by molar-refractivity contribution is -0.127. The molecule has 1 aliphatic heterocycles. The van der Waals surface area contributed by atoms with Gasteiger partial charge in [-0.2, -0.15) is 0 Å². The van der Waals surface area contributed by atoms with Gasteiger partial charge in [0.05, 0.1) is 0 Å². The second kappa shape index (κ2) is 8.00. The van der Waals surface area contributed by atoms with E-state index in [-0.39, 0.29) is 24.4 Å². The number of rotatable bonds is 1. The summed E-state index contributed by atoms with van der Waals surface area (Å²) < 4.78 is 0. The van der Waals surface area contributed by atoms with Crippen LogP contribution < -0.4 is 4.90 Å². The first-order chi connectivity index (χ1) is 10.7. The highest BCUT2D eigenvalue weighted by Crippen LogP contribution is 2.21. The van der Waals surface area contributed by atoms with Crippen LogP contribution >= 0.6 is 23.7 Å². The Hall–Kier alpha value is -2.03. The van der Waals surface area contributed by atoms with Crippen molar-refractivity contribution in [1.29, 1.82) is 0 Å². The number of hydrogen-bond donors (Lipinski definition) is 0. The molecule has 0 spiro atoms. The minimum atomic E-state index is -0.102. The van der Waals surface area contributed by atoms with E-state index >= 15 is 0 Å². The highest BCUT2D eigenvalue weighted by molar-refractivity contribution is 7.13. The minimum Gasteiger partial charge on any atom is -0.344 e. The fourth-order valence-corrected chi connectivity index (χ4v) is 3.20. The van der Waals surface area contributed by atoms with Crippen LogP contribution in [-0.2, 0) is 4.79 Å². The summed E-state index contributed by atoms with van der Waals surface area (Å²) in [6, 6.07) is 9.73. The summed E-state index contributed by atoms with van der Waals surface area (Å²) in [5.41, 5.74) is 0.866. The largest absolute Gasteiger partial charge is 0.344 e. The Bertz CT molecular complexity index is 694. The van der Waals surface area contributed by atoms with Crippen LogP contribution in [0.15, 0.2) is 41.9 Å². The first-order valence-corrected chi connectivity index (χ1v) is 8.14. The van der Waals surface area contributed by atoms with Gasteiger partial charge in [0.2, 0.25) is 0 Å². The van der Waals surface area contributed by atoms with Crippen LogP contribution in [-0.4, -0.2) is 41.5 Å². The van der Waals surface area contributed by atoms with Crippen molar-refractivity contribution < 1.29 is 4.79 Å². The molecule has 0 saturated carbocycles. The number of amides is 1. The number of anilines is 1. The predicted octanol–water partition coefficient (Wildman–Crippen LogP) is 2.65. The zero-order chi connectivity index (χ0) is 15.4. The number of benzene rings is 1. The Kier molecular flexibility index (Phi) is 6.03. The van der Waals surface area contributed by atoms with Crippen LogP contribution in [0.4, 0.5) is 5.13 Å². The molecule has 1 aromatic carbocycles. The Balaban J connectivity index is 0.00000192. The van der Waals surface area contributed by atoms with Gasteiger partial charge < -0.3 is 9.80 Å². The van der Waals surface area contributed by atoms with Crippen LogP contribution in [0.1, 0.15) is 12.5 Å². The maximum absolute atomic E-state index is 12.3. The Labute approximate surface area is 146 Å². The van der Waals surface area contributed by atoms with Crippen LogP contribution in [0.2, 0.25) is 0 Å². The third-order valence-electron chi connectivity index (χ3n) is 3.67. The summed E-state index contributed by atoms with van der Waals surface area (Å²) >= 11 is 1.63. The molecule has 1 unspecified atom stereocenters. The van der Waals surface area contributed by atoms with Gasteiger partial charge in [0.15, 0.2) is 5.13 Å². The van der Waals surface area contributed by atoms with Gasteiger partial charge in [0.25, 0.3) is 5.91 Å².